The van der Waals surface area contributed by atoms with Crippen molar-refractivity contribution in [1.29, 1.82) is 0 Å². The third-order valence-corrected chi connectivity index (χ3v) is 6.65. The second-order valence-corrected chi connectivity index (χ2v) is 8.88. The molecule has 9 heteroatoms. The van der Waals surface area contributed by atoms with Gasteiger partial charge in [-0.1, -0.05) is 5.16 Å². The number of aryl methyl sites for hydroxylation is 2. The summed E-state index contributed by atoms with van der Waals surface area (Å²) in [4.78, 5) is 0.221. The minimum atomic E-state index is -3.84. The molecule has 1 aliphatic rings. The van der Waals surface area contributed by atoms with Gasteiger partial charge in [-0.05, 0) is 43.5 Å². The SMILES string of the molecule is Cc1cc(NS(=O)(=O)c2ccc3c(c2)CCCS3(=O)=O)no1. The zero-order chi connectivity index (χ0) is 16.0. The summed E-state index contributed by atoms with van der Waals surface area (Å²) < 4.78 is 55.6. The number of anilines is 1. The van der Waals surface area contributed by atoms with Crippen molar-refractivity contribution < 1.29 is 21.4 Å². The maximum Gasteiger partial charge on any atom is 0.263 e. The van der Waals surface area contributed by atoms with Crippen molar-refractivity contribution in [1.82, 2.24) is 5.16 Å². The highest BCUT2D eigenvalue weighted by Gasteiger charge is 2.26. The fourth-order valence-electron chi connectivity index (χ4n) is 2.40. The van der Waals surface area contributed by atoms with Crippen molar-refractivity contribution >= 4 is 25.7 Å². The molecule has 0 aliphatic carbocycles. The van der Waals surface area contributed by atoms with Crippen molar-refractivity contribution in [2.45, 2.75) is 29.6 Å². The van der Waals surface area contributed by atoms with E-state index in [1.54, 1.807) is 6.92 Å². The quantitative estimate of drug-likeness (QED) is 0.906. The van der Waals surface area contributed by atoms with E-state index in [-0.39, 0.29) is 21.4 Å². The minimum absolute atomic E-state index is 0.00371. The Morgan fingerprint density at radius 2 is 2.05 bits per heavy atom. The molecule has 0 radical (unpaired) electrons. The topological polar surface area (TPSA) is 106 Å². The average molecular weight is 342 g/mol. The monoisotopic (exact) mass is 342 g/mol. The van der Waals surface area contributed by atoms with E-state index in [2.05, 4.69) is 9.88 Å². The van der Waals surface area contributed by atoms with Crippen LogP contribution in [0.25, 0.3) is 0 Å². The third-order valence-electron chi connectivity index (χ3n) is 3.40. The van der Waals surface area contributed by atoms with Gasteiger partial charge in [-0.2, -0.15) is 0 Å². The molecule has 0 fully saturated rings. The lowest BCUT2D eigenvalue weighted by Crippen LogP contribution is -2.18. The molecule has 1 N–H and O–H groups in total. The van der Waals surface area contributed by atoms with Crippen LogP contribution in [0, 0.1) is 6.92 Å². The number of fused-ring (bicyclic) bond motifs is 1. The van der Waals surface area contributed by atoms with E-state index in [0.717, 1.165) is 0 Å². The number of benzene rings is 1. The van der Waals surface area contributed by atoms with Gasteiger partial charge in [0.25, 0.3) is 10.0 Å². The first-order valence-corrected chi connectivity index (χ1v) is 9.73. The van der Waals surface area contributed by atoms with E-state index in [9.17, 15) is 16.8 Å². The van der Waals surface area contributed by atoms with Gasteiger partial charge in [0.05, 0.1) is 15.5 Å². The summed E-state index contributed by atoms with van der Waals surface area (Å²) in [6.07, 6.45) is 1.04. The Bertz CT molecular complexity index is 929. The molecule has 22 heavy (non-hydrogen) atoms. The summed E-state index contributed by atoms with van der Waals surface area (Å²) in [5.41, 5.74) is 0.533. The van der Waals surface area contributed by atoms with Gasteiger partial charge in [-0.3, -0.25) is 4.72 Å². The van der Waals surface area contributed by atoms with Crippen LogP contribution >= 0.6 is 0 Å². The lowest BCUT2D eigenvalue weighted by molar-refractivity contribution is 0.400. The van der Waals surface area contributed by atoms with E-state index in [1.165, 1.54) is 24.3 Å². The van der Waals surface area contributed by atoms with Crippen LogP contribution in [0.3, 0.4) is 0 Å². The number of hydrogen-bond donors (Lipinski definition) is 1. The molecule has 2 aromatic rings. The fourth-order valence-corrected chi connectivity index (χ4v) is 5.01. The lowest BCUT2D eigenvalue weighted by Gasteiger charge is -2.17. The average Bonchev–Trinajstić information content (AvgIpc) is 2.82. The van der Waals surface area contributed by atoms with Crippen LogP contribution in [0.4, 0.5) is 5.82 Å². The van der Waals surface area contributed by atoms with Gasteiger partial charge in [-0.15, -0.1) is 0 Å². The normalized spacial score (nSPS) is 17.0. The summed E-state index contributed by atoms with van der Waals surface area (Å²) in [5, 5.41) is 3.58. The molecular formula is C13H14N2O5S2. The first kappa shape index (κ1) is 15.0. The van der Waals surface area contributed by atoms with E-state index < -0.39 is 19.9 Å². The highest BCUT2D eigenvalue weighted by atomic mass is 32.2. The number of sulfonamides is 1. The Morgan fingerprint density at radius 3 is 2.73 bits per heavy atom. The first-order chi connectivity index (χ1) is 10.3. The molecule has 118 valence electrons. The molecule has 1 aromatic heterocycles. The number of rotatable bonds is 3. The maximum atomic E-state index is 12.3. The molecule has 0 bridgehead atoms. The summed E-state index contributed by atoms with van der Waals surface area (Å²) in [5.74, 6) is 0.667. The molecule has 1 aliphatic heterocycles. The molecule has 1 aromatic carbocycles. The highest BCUT2D eigenvalue weighted by molar-refractivity contribution is 7.92. The van der Waals surface area contributed by atoms with Crippen LogP contribution in [0.15, 0.2) is 38.6 Å². The molecule has 7 nitrogen and oxygen atoms in total. The number of aromatic nitrogens is 1. The van der Waals surface area contributed by atoms with Gasteiger partial charge >= 0.3 is 0 Å². The van der Waals surface area contributed by atoms with E-state index in [4.69, 9.17) is 4.52 Å². The summed E-state index contributed by atoms with van der Waals surface area (Å²) >= 11 is 0. The third kappa shape index (κ3) is 2.73. The van der Waals surface area contributed by atoms with Crippen molar-refractivity contribution in [3.05, 3.63) is 35.6 Å². The Balaban J connectivity index is 1.98. The number of hydrogen-bond acceptors (Lipinski definition) is 6. The molecule has 0 amide bonds. The molecule has 0 saturated carbocycles. The molecule has 2 heterocycles. The predicted molar refractivity (Wildman–Crippen MR) is 78.9 cm³/mol. The first-order valence-electron chi connectivity index (χ1n) is 6.60. The highest BCUT2D eigenvalue weighted by Crippen LogP contribution is 2.28. The molecule has 0 saturated heterocycles. The van der Waals surface area contributed by atoms with E-state index in [0.29, 0.717) is 24.2 Å². The van der Waals surface area contributed by atoms with E-state index >= 15 is 0 Å². The van der Waals surface area contributed by atoms with E-state index in [1.807, 2.05) is 0 Å². The molecule has 0 atom stereocenters. The van der Waals surface area contributed by atoms with Gasteiger partial charge < -0.3 is 4.52 Å². The Morgan fingerprint density at radius 1 is 1.27 bits per heavy atom. The number of nitrogens with zero attached hydrogens (tertiary/aromatic N) is 1. The molecule has 3 rings (SSSR count). The number of sulfone groups is 1. The summed E-state index contributed by atoms with van der Waals surface area (Å²) in [7, 11) is -7.14. The maximum absolute atomic E-state index is 12.3. The lowest BCUT2D eigenvalue weighted by atomic mass is 10.1. The van der Waals surface area contributed by atoms with Crippen LogP contribution in [0.5, 0.6) is 0 Å². The summed E-state index contributed by atoms with van der Waals surface area (Å²) in [6, 6.07) is 5.51. The van der Waals surface area contributed by atoms with Crippen molar-refractivity contribution in [3.63, 3.8) is 0 Å². The Kier molecular flexibility index (Phi) is 3.48. The van der Waals surface area contributed by atoms with Crippen molar-refractivity contribution in [2.24, 2.45) is 0 Å². The van der Waals surface area contributed by atoms with Crippen LogP contribution in [0.2, 0.25) is 0 Å². The Hall–Kier alpha value is -1.87. The van der Waals surface area contributed by atoms with Crippen LogP contribution in [0.1, 0.15) is 17.7 Å². The molecule has 0 spiro atoms. The van der Waals surface area contributed by atoms with Crippen molar-refractivity contribution in [2.75, 3.05) is 10.5 Å². The fraction of sp³-hybridized carbons (Fsp3) is 0.308. The minimum Gasteiger partial charge on any atom is -0.360 e. The van der Waals surface area contributed by atoms with Crippen LogP contribution in [-0.2, 0) is 26.3 Å². The largest absolute Gasteiger partial charge is 0.360 e. The van der Waals surface area contributed by atoms with Gasteiger partial charge in [0, 0.05) is 6.07 Å². The van der Waals surface area contributed by atoms with Crippen molar-refractivity contribution in [3.8, 4) is 0 Å². The van der Waals surface area contributed by atoms with Gasteiger partial charge in [-0.25, -0.2) is 16.8 Å². The second kappa shape index (κ2) is 5.10. The zero-order valence-corrected chi connectivity index (χ0v) is 13.4. The zero-order valence-electron chi connectivity index (χ0n) is 11.7. The van der Waals surface area contributed by atoms with Crippen LogP contribution < -0.4 is 4.72 Å². The smallest absolute Gasteiger partial charge is 0.263 e. The molecular weight excluding hydrogens is 328 g/mol. The summed E-state index contributed by atoms with van der Waals surface area (Å²) in [6.45, 7) is 1.65. The van der Waals surface area contributed by atoms with Gasteiger partial charge in [0.2, 0.25) is 0 Å². The van der Waals surface area contributed by atoms with Gasteiger partial charge in [0.15, 0.2) is 15.7 Å². The number of nitrogens with one attached hydrogen (secondary N) is 1. The van der Waals surface area contributed by atoms with Crippen LogP contribution in [-0.4, -0.2) is 27.7 Å². The molecule has 0 unspecified atom stereocenters. The standard InChI is InChI=1S/C13H14N2O5S2/c1-9-7-13(14-20-9)15-22(18,19)11-4-5-12-10(8-11)3-2-6-21(12,16)17/h4-5,7-8H,2-3,6H2,1H3,(H,14,15). The Labute approximate surface area is 128 Å². The van der Waals surface area contributed by atoms with Gasteiger partial charge in [0.1, 0.15) is 5.76 Å². The predicted octanol–water partition coefficient (Wildman–Crippen LogP) is 1.50. The second-order valence-electron chi connectivity index (χ2n) is 5.12.